The molecule has 11 heteroatoms. The number of carbonyl (C=O) groups is 2. The molecule has 44 heavy (non-hydrogen) atoms. The van der Waals surface area contributed by atoms with E-state index in [0.717, 1.165) is 17.4 Å². The number of ether oxygens (including phenoxy) is 2. The lowest BCUT2D eigenvalue weighted by Crippen LogP contribution is -2.31. The van der Waals surface area contributed by atoms with Crippen LogP contribution in [0, 0.1) is 0 Å². The van der Waals surface area contributed by atoms with Crippen LogP contribution in [0.15, 0.2) is 93.8 Å². The largest absolute Gasteiger partial charge is 0.503 e. The molecule has 1 N–H and O–H groups in total. The highest BCUT2D eigenvalue weighted by molar-refractivity contribution is 8.00. The van der Waals surface area contributed by atoms with E-state index in [2.05, 4.69) is 34.5 Å². The highest BCUT2D eigenvalue weighted by atomic mass is 32.2. The summed E-state index contributed by atoms with van der Waals surface area (Å²) < 4.78 is 12.4. The molecule has 5 aromatic rings. The van der Waals surface area contributed by atoms with Crippen molar-refractivity contribution in [1.29, 1.82) is 0 Å². The second-order valence-electron chi connectivity index (χ2n) is 9.91. The van der Waals surface area contributed by atoms with Crippen molar-refractivity contribution in [2.45, 2.75) is 36.4 Å². The molecule has 8 nitrogen and oxygen atoms in total. The molecular weight excluding hydrogens is 615 g/mol. The van der Waals surface area contributed by atoms with Crippen molar-refractivity contribution in [2.75, 3.05) is 18.1 Å². The fraction of sp³-hybridized carbons (Fsp3) is 0.212. The summed E-state index contributed by atoms with van der Waals surface area (Å²) in [6, 6.07) is 22.2. The Bertz CT molecular complexity index is 1850. The maximum atomic E-state index is 13.7. The number of ketones is 1. The van der Waals surface area contributed by atoms with Crippen LogP contribution in [0.2, 0.25) is 0 Å². The average Bonchev–Trinajstić information content (AvgIpc) is 3.80. The SMILES string of the molecule is CCCOc1ccc(C2C(C(=O)c3cccs3)=C(O)C(=O)N2c2nnc(SCc3cccc4ccccc34)s2)cc1OCC. The first-order valence-electron chi connectivity index (χ1n) is 14.2. The van der Waals surface area contributed by atoms with Gasteiger partial charge >= 0.3 is 0 Å². The van der Waals surface area contributed by atoms with Gasteiger partial charge in [0.1, 0.15) is 0 Å². The summed E-state index contributed by atoms with van der Waals surface area (Å²) in [7, 11) is 0. The molecule has 1 aliphatic rings. The third kappa shape index (κ3) is 5.82. The Balaban J connectivity index is 1.36. The first kappa shape index (κ1) is 29.9. The molecule has 3 heterocycles. The summed E-state index contributed by atoms with van der Waals surface area (Å²) in [5.41, 5.74) is 1.73. The number of aliphatic hydroxyl groups excluding tert-OH is 1. The fourth-order valence-electron chi connectivity index (χ4n) is 5.10. The predicted molar refractivity (Wildman–Crippen MR) is 175 cm³/mol. The van der Waals surface area contributed by atoms with Crippen molar-refractivity contribution in [1.82, 2.24) is 10.2 Å². The van der Waals surface area contributed by atoms with Gasteiger partial charge in [-0.15, -0.1) is 21.5 Å². The molecule has 2 aromatic heterocycles. The van der Waals surface area contributed by atoms with Crippen molar-refractivity contribution in [3.63, 3.8) is 0 Å². The minimum atomic E-state index is -0.944. The molecule has 3 aromatic carbocycles. The molecule has 0 spiro atoms. The van der Waals surface area contributed by atoms with E-state index in [-0.39, 0.29) is 10.7 Å². The zero-order valence-electron chi connectivity index (χ0n) is 24.1. The Kier molecular flexibility index (Phi) is 8.96. The Labute approximate surface area is 267 Å². The molecule has 0 bridgehead atoms. The lowest BCUT2D eigenvalue weighted by Gasteiger charge is -2.25. The first-order chi connectivity index (χ1) is 21.5. The number of anilines is 1. The van der Waals surface area contributed by atoms with E-state index in [9.17, 15) is 14.7 Å². The lowest BCUT2D eigenvalue weighted by molar-refractivity contribution is -0.117. The van der Waals surface area contributed by atoms with Gasteiger partial charge in [0.05, 0.1) is 29.7 Å². The van der Waals surface area contributed by atoms with Crippen LogP contribution in [0.3, 0.4) is 0 Å². The molecule has 6 rings (SSSR count). The Morgan fingerprint density at radius 1 is 1.00 bits per heavy atom. The van der Waals surface area contributed by atoms with Crippen LogP contribution >= 0.6 is 34.4 Å². The van der Waals surface area contributed by atoms with Gasteiger partial charge in [-0.1, -0.05) is 84.6 Å². The number of rotatable bonds is 12. The average molecular weight is 644 g/mol. The molecule has 0 saturated carbocycles. The van der Waals surface area contributed by atoms with Crippen LogP contribution in [-0.4, -0.2) is 40.2 Å². The number of amides is 1. The summed E-state index contributed by atoms with van der Waals surface area (Å²) in [6.45, 7) is 4.80. The van der Waals surface area contributed by atoms with E-state index in [1.54, 1.807) is 35.7 Å². The summed E-state index contributed by atoms with van der Waals surface area (Å²) >= 11 is 4.01. The van der Waals surface area contributed by atoms with Crippen LogP contribution in [-0.2, 0) is 10.5 Å². The zero-order chi connectivity index (χ0) is 30.6. The summed E-state index contributed by atoms with van der Waals surface area (Å²) in [4.78, 5) is 29.2. The van der Waals surface area contributed by atoms with Gasteiger partial charge in [0.25, 0.3) is 5.91 Å². The number of carbonyl (C=O) groups excluding carboxylic acids is 2. The van der Waals surface area contributed by atoms with E-state index in [0.29, 0.717) is 45.2 Å². The van der Waals surface area contributed by atoms with Crippen molar-refractivity contribution >= 4 is 62.0 Å². The molecule has 1 unspecified atom stereocenters. The normalized spacial score (nSPS) is 14.9. The van der Waals surface area contributed by atoms with Crippen LogP contribution in [0.4, 0.5) is 5.13 Å². The van der Waals surface area contributed by atoms with Crippen molar-refractivity contribution in [2.24, 2.45) is 0 Å². The minimum absolute atomic E-state index is 0.0118. The van der Waals surface area contributed by atoms with Gasteiger partial charge in [-0.2, -0.15) is 0 Å². The quantitative estimate of drug-likeness (QED) is 0.0829. The van der Waals surface area contributed by atoms with E-state index in [1.807, 2.05) is 32.0 Å². The molecule has 1 amide bonds. The van der Waals surface area contributed by atoms with Gasteiger partial charge in [-0.05, 0) is 58.8 Å². The number of thioether (sulfide) groups is 1. The number of nitrogens with zero attached hydrogens (tertiary/aromatic N) is 3. The number of benzene rings is 3. The van der Waals surface area contributed by atoms with Gasteiger partial charge in [0.2, 0.25) is 10.9 Å². The van der Waals surface area contributed by atoms with Crippen LogP contribution in [0.1, 0.15) is 47.1 Å². The summed E-state index contributed by atoms with van der Waals surface area (Å²) in [5.74, 6) is -0.00785. The van der Waals surface area contributed by atoms with Crippen molar-refractivity contribution in [3.8, 4) is 11.5 Å². The van der Waals surface area contributed by atoms with Gasteiger partial charge in [0, 0.05) is 5.75 Å². The van der Waals surface area contributed by atoms with Gasteiger partial charge < -0.3 is 14.6 Å². The first-order valence-corrected chi connectivity index (χ1v) is 16.9. The number of fused-ring (bicyclic) bond motifs is 1. The molecule has 224 valence electrons. The number of thiophene rings is 1. The molecule has 1 aliphatic heterocycles. The Hall–Kier alpha value is -4.19. The number of hydrogen-bond donors (Lipinski definition) is 1. The topological polar surface area (TPSA) is 102 Å². The fourth-order valence-corrected chi connectivity index (χ4v) is 7.65. The number of aliphatic hydroxyl groups is 1. The second-order valence-corrected chi connectivity index (χ2v) is 13.0. The van der Waals surface area contributed by atoms with Gasteiger partial charge in [0.15, 0.2) is 21.6 Å². The lowest BCUT2D eigenvalue weighted by atomic mass is 9.95. The molecule has 0 aliphatic carbocycles. The highest BCUT2D eigenvalue weighted by Gasteiger charge is 2.46. The summed E-state index contributed by atoms with van der Waals surface area (Å²) in [6.07, 6.45) is 0.826. The molecule has 0 fully saturated rings. The maximum Gasteiger partial charge on any atom is 0.296 e. The Morgan fingerprint density at radius 2 is 1.84 bits per heavy atom. The zero-order valence-corrected chi connectivity index (χ0v) is 26.5. The monoisotopic (exact) mass is 643 g/mol. The minimum Gasteiger partial charge on any atom is -0.503 e. The number of Topliss-reactive ketones (excluding diaryl/α,β-unsaturated/α-hetero) is 1. The summed E-state index contributed by atoms with van der Waals surface area (Å²) in [5, 5.41) is 24.3. The van der Waals surface area contributed by atoms with Gasteiger partial charge in [-0.3, -0.25) is 14.5 Å². The standard InChI is InChI=1S/C33H29N3O5S3/c1-3-16-41-24-15-14-21(18-25(24)40-4-2)28-27(29(37)26-13-8-17-42-26)30(38)31(39)36(28)32-34-35-33(44-32)43-19-22-11-7-10-20-9-5-6-12-23(20)22/h5-15,17-18,28,38H,3-4,16,19H2,1-2H3. The molecular formula is C33H29N3O5S3. The second kappa shape index (κ2) is 13.2. The van der Waals surface area contributed by atoms with Crippen molar-refractivity contribution in [3.05, 3.63) is 106 Å². The maximum absolute atomic E-state index is 13.7. The van der Waals surface area contributed by atoms with Crippen LogP contribution in [0.5, 0.6) is 11.5 Å². The highest BCUT2D eigenvalue weighted by Crippen LogP contribution is 2.46. The predicted octanol–water partition coefficient (Wildman–Crippen LogP) is 8.02. The third-order valence-electron chi connectivity index (χ3n) is 7.08. The molecule has 0 saturated heterocycles. The van der Waals surface area contributed by atoms with E-state index in [4.69, 9.17) is 9.47 Å². The van der Waals surface area contributed by atoms with E-state index >= 15 is 0 Å². The third-order valence-corrected chi connectivity index (χ3v) is 10.0. The Morgan fingerprint density at radius 3 is 2.64 bits per heavy atom. The van der Waals surface area contributed by atoms with Crippen molar-refractivity contribution < 1.29 is 24.2 Å². The molecule has 0 radical (unpaired) electrons. The van der Waals surface area contributed by atoms with Crippen LogP contribution in [0.25, 0.3) is 10.8 Å². The smallest absolute Gasteiger partial charge is 0.296 e. The number of aromatic nitrogens is 2. The number of hydrogen-bond acceptors (Lipinski definition) is 10. The van der Waals surface area contributed by atoms with Gasteiger partial charge in [-0.25, -0.2) is 0 Å². The van der Waals surface area contributed by atoms with Crippen LogP contribution < -0.4 is 14.4 Å². The van der Waals surface area contributed by atoms with E-state index < -0.39 is 23.5 Å². The van der Waals surface area contributed by atoms with E-state index in [1.165, 1.54) is 44.7 Å². The molecule has 1 atom stereocenters.